The van der Waals surface area contributed by atoms with Crippen LogP contribution in [0.4, 0.5) is 0 Å². The third-order valence-electron chi connectivity index (χ3n) is 8.46. The summed E-state index contributed by atoms with van der Waals surface area (Å²) < 4.78 is 9.92. The molecule has 0 spiro atoms. The third-order valence-corrected chi connectivity index (χ3v) is 13.3. The average Bonchev–Trinajstić information content (AvgIpc) is 3.90. The molecule has 0 N–H and O–H groups in total. The van der Waals surface area contributed by atoms with E-state index in [1.165, 1.54) is 31.2 Å². The summed E-state index contributed by atoms with van der Waals surface area (Å²) in [5.74, 6) is 0. The fourth-order valence-electron chi connectivity index (χ4n) is 5.94. The highest BCUT2D eigenvalue weighted by Crippen LogP contribution is 2.49. The molecule has 0 bridgehead atoms. The van der Waals surface area contributed by atoms with Gasteiger partial charge in [0.2, 0.25) is 0 Å². The maximum Gasteiger partial charge on any atom is 0.116 e. The molecule has 0 amide bonds. The van der Waals surface area contributed by atoms with Crippen LogP contribution in [-0.2, 0) is 10.8 Å². The van der Waals surface area contributed by atoms with Crippen LogP contribution in [0.15, 0.2) is 97.1 Å². The Morgan fingerprint density at radius 2 is 0.812 bits per heavy atom. The van der Waals surface area contributed by atoms with Crippen LogP contribution in [0.1, 0.15) is 51.3 Å². The number of thiophene rings is 3. The van der Waals surface area contributed by atoms with E-state index in [4.69, 9.17) is 18.7 Å². The Kier molecular flexibility index (Phi) is 7.68. The fourth-order valence-corrected chi connectivity index (χ4v) is 9.82. The van der Waals surface area contributed by atoms with Gasteiger partial charge in [-0.05, 0) is 47.2 Å². The summed E-state index contributed by atoms with van der Waals surface area (Å²) in [4.78, 5) is 18.6. The summed E-state index contributed by atoms with van der Waals surface area (Å²) in [6.07, 6.45) is 0. The number of nitrogens with zero attached hydrogens (tertiary/aromatic N) is 4. The molecule has 0 radical (unpaired) electrons. The van der Waals surface area contributed by atoms with Crippen LogP contribution in [0.3, 0.4) is 0 Å². The molecule has 0 fully saturated rings. The highest BCUT2D eigenvalue weighted by atomic mass is 32.1. The van der Waals surface area contributed by atoms with Crippen molar-refractivity contribution in [2.45, 2.75) is 52.4 Å². The van der Waals surface area contributed by atoms with Gasteiger partial charge in [-0.3, -0.25) is 0 Å². The van der Waals surface area contributed by atoms with E-state index in [1.54, 1.807) is 11.3 Å². The first-order chi connectivity index (χ1) is 23.1. The Morgan fingerprint density at radius 1 is 0.417 bits per heavy atom. The molecule has 4 nitrogen and oxygen atoms in total. The summed E-state index contributed by atoms with van der Waals surface area (Å²) >= 11 is 6.73. The summed E-state index contributed by atoms with van der Waals surface area (Å²) in [5.41, 5.74) is 9.39. The van der Waals surface area contributed by atoms with Crippen LogP contribution < -0.4 is 0 Å². The minimum absolute atomic E-state index is 0.0292. The number of benzene rings is 3. The molecular weight excluding hydrogens is 665 g/mol. The molecule has 0 aliphatic heterocycles. The molecule has 5 heterocycles. The van der Waals surface area contributed by atoms with Crippen LogP contribution in [0.2, 0.25) is 0 Å². The lowest BCUT2D eigenvalue weighted by Gasteiger charge is -2.16. The first-order valence-electron chi connectivity index (χ1n) is 16.0. The van der Waals surface area contributed by atoms with E-state index < -0.39 is 0 Å². The Hall–Kier alpha value is -4.08. The van der Waals surface area contributed by atoms with Gasteiger partial charge in [0, 0.05) is 51.5 Å². The molecule has 238 valence electrons. The molecule has 5 aromatic heterocycles. The van der Waals surface area contributed by atoms with E-state index >= 15 is 0 Å². The van der Waals surface area contributed by atoms with E-state index in [-0.39, 0.29) is 10.8 Å². The minimum atomic E-state index is 0.0292. The van der Waals surface area contributed by atoms with Gasteiger partial charge in [-0.25, -0.2) is 9.97 Å². The Balaban J connectivity index is 1.45. The maximum atomic E-state index is 5.58. The first kappa shape index (κ1) is 31.2. The minimum Gasteiger partial charge on any atom is -0.243 e. The third kappa shape index (κ3) is 5.50. The van der Waals surface area contributed by atoms with E-state index in [0.717, 1.165) is 65.5 Å². The molecule has 8 aromatic rings. The van der Waals surface area contributed by atoms with Gasteiger partial charge in [0.25, 0.3) is 0 Å². The van der Waals surface area contributed by atoms with Crippen LogP contribution >= 0.6 is 45.7 Å². The molecule has 0 saturated heterocycles. The molecule has 8 heteroatoms. The van der Waals surface area contributed by atoms with E-state index in [0.29, 0.717) is 0 Å². The predicted molar refractivity (Wildman–Crippen MR) is 209 cm³/mol. The number of hydrogen-bond donors (Lipinski definition) is 0. The molecule has 0 atom stereocenters. The standard InChI is InChI=1S/C40H34N4S4/c1-39(2,3)29-21-19-26(46-29)25-17-18-27(45-25)31-35-36(32(38-37(31)43-48-44-38)28-20-22-30(47-28)40(4,5)6)42-34(24-15-11-8-12-16-24)33(41-35)23-13-9-7-10-14-23/h7-22H,1-6H3. The fraction of sp³-hybridized carbons (Fsp3) is 0.200. The SMILES string of the molecule is CC(C)(C)c1ccc(-c2ccc(-c3c4nsnc4c(-c4ccc(C(C)(C)C)s4)c4nc(-c5ccccc5)c(-c5ccccc5)nc34)s2)s1. The van der Waals surface area contributed by atoms with E-state index in [1.807, 2.05) is 34.8 Å². The van der Waals surface area contributed by atoms with Gasteiger partial charge >= 0.3 is 0 Å². The van der Waals surface area contributed by atoms with Crippen LogP contribution in [0, 0.1) is 0 Å². The zero-order chi connectivity index (χ0) is 33.2. The lowest BCUT2D eigenvalue weighted by molar-refractivity contribution is 0.603. The van der Waals surface area contributed by atoms with Crippen molar-refractivity contribution in [2.75, 3.05) is 0 Å². The zero-order valence-electron chi connectivity index (χ0n) is 27.7. The summed E-state index contributed by atoms with van der Waals surface area (Å²) in [6, 6.07) is 34.3. The largest absolute Gasteiger partial charge is 0.243 e. The molecule has 0 aliphatic carbocycles. The van der Waals surface area contributed by atoms with E-state index in [2.05, 4.69) is 126 Å². The highest BCUT2D eigenvalue weighted by Gasteiger charge is 2.27. The van der Waals surface area contributed by atoms with Crippen LogP contribution in [0.25, 0.3) is 75.2 Å². The van der Waals surface area contributed by atoms with Crippen molar-refractivity contribution in [3.63, 3.8) is 0 Å². The number of aromatic nitrogens is 4. The van der Waals surface area contributed by atoms with Crippen molar-refractivity contribution >= 4 is 67.8 Å². The molecule has 48 heavy (non-hydrogen) atoms. The molecule has 8 rings (SSSR count). The lowest BCUT2D eigenvalue weighted by Crippen LogP contribution is -2.07. The quantitative estimate of drug-likeness (QED) is 0.180. The van der Waals surface area contributed by atoms with E-state index in [9.17, 15) is 0 Å². The Morgan fingerprint density at radius 3 is 1.29 bits per heavy atom. The summed E-state index contributed by atoms with van der Waals surface area (Å²) in [5, 5.41) is 0. The van der Waals surface area contributed by atoms with Crippen molar-refractivity contribution < 1.29 is 0 Å². The zero-order valence-corrected chi connectivity index (χ0v) is 30.9. The highest BCUT2D eigenvalue weighted by molar-refractivity contribution is 7.24. The van der Waals surface area contributed by atoms with Crippen LogP contribution in [0.5, 0.6) is 0 Å². The smallest absolute Gasteiger partial charge is 0.116 e. The normalized spacial score (nSPS) is 12.4. The Bertz CT molecular complexity index is 2420. The lowest BCUT2D eigenvalue weighted by atomic mass is 9.95. The Labute approximate surface area is 297 Å². The maximum absolute atomic E-state index is 5.58. The molecule has 0 saturated carbocycles. The second kappa shape index (κ2) is 11.8. The summed E-state index contributed by atoms with van der Waals surface area (Å²) in [7, 11) is 0. The molecule has 0 aliphatic rings. The average molecular weight is 699 g/mol. The monoisotopic (exact) mass is 698 g/mol. The second-order valence-corrected chi connectivity index (χ2v) is 17.8. The van der Waals surface area contributed by atoms with Gasteiger partial charge < -0.3 is 0 Å². The predicted octanol–water partition coefficient (Wildman–Crippen LogP) is 12.7. The van der Waals surface area contributed by atoms with Gasteiger partial charge in [-0.15, -0.1) is 34.0 Å². The topological polar surface area (TPSA) is 51.6 Å². The first-order valence-corrected chi connectivity index (χ1v) is 19.2. The van der Waals surface area contributed by atoms with Crippen molar-refractivity contribution in [3.05, 3.63) is 107 Å². The number of fused-ring (bicyclic) bond motifs is 2. The van der Waals surface area contributed by atoms with Gasteiger partial charge in [-0.1, -0.05) is 102 Å². The molecule has 3 aromatic carbocycles. The molecular formula is C40H34N4S4. The van der Waals surface area contributed by atoms with Gasteiger partial charge in [0.15, 0.2) is 0 Å². The van der Waals surface area contributed by atoms with Gasteiger partial charge in [0.05, 0.1) is 23.1 Å². The van der Waals surface area contributed by atoms with Crippen molar-refractivity contribution in [2.24, 2.45) is 0 Å². The van der Waals surface area contributed by atoms with Crippen molar-refractivity contribution in [1.29, 1.82) is 0 Å². The van der Waals surface area contributed by atoms with Crippen molar-refractivity contribution in [1.82, 2.24) is 18.7 Å². The van der Waals surface area contributed by atoms with Gasteiger partial charge in [-0.2, -0.15) is 8.75 Å². The summed E-state index contributed by atoms with van der Waals surface area (Å²) in [6.45, 7) is 13.6. The number of hydrogen-bond acceptors (Lipinski definition) is 8. The van der Waals surface area contributed by atoms with Crippen LogP contribution in [-0.4, -0.2) is 18.7 Å². The van der Waals surface area contributed by atoms with Gasteiger partial charge in [0.1, 0.15) is 22.1 Å². The molecule has 0 unspecified atom stereocenters. The second-order valence-electron chi connectivity index (χ2n) is 14.1. The number of rotatable bonds is 5. The van der Waals surface area contributed by atoms with Crippen molar-refractivity contribution in [3.8, 4) is 53.2 Å².